The van der Waals surface area contributed by atoms with Crippen LogP contribution in [0, 0.1) is 0 Å². The van der Waals surface area contributed by atoms with Crippen molar-refractivity contribution >= 4 is 65.6 Å². The standard InChI is InChI=1S/C9H12BrN.C9H13NO.CH4.Br3OP/c1-9(2,3)8-6-7(10)4-5-11-8;1-9(2,3)8-6-7(11)4-5-10-8;;1-5(2,3)4/h4-6H,1-3H3;4-6H,1-3H3,(H,10,11);1H4;. The third kappa shape index (κ3) is 16.1. The molecule has 0 aromatic carbocycles. The minimum absolute atomic E-state index is 0. The molecule has 4 nitrogen and oxygen atoms in total. The predicted molar refractivity (Wildman–Crippen MR) is 138 cm³/mol. The van der Waals surface area contributed by atoms with Crippen LogP contribution in [0.1, 0.15) is 60.4 Å². The van der Waals surface area contributed by atoms with Gasteiger partial charge in [-0.3, -0.25) is 14.3 Å². The van der Waals surface area contributed by atoms with E-state index in [4.69, 9.17) is 0 Å². The van der Waals surface area contributed by atoms with Crippen LogP contribution in [0.25, 0.3) is 0 Å². The van der Waals surface area contributed by atoms with Gasteiger partial charge in [-0.2, -0.15) is 0 Å². The summed E-state index contributed by atoms with van der Waals surface area (Å²) in [5.74, 6) is 0. The fourth-order valence-corrected chi connectivity index (χ4v) is 2.03. The van der Waals surface area contributed by atoms with Crippen LogP contribution in [0.3, 0.4) is 0 Å². The minimum Gasteiger partial charge on any atom is -0.364 e. The van der Waals surface area contributed by atoms with E-state index in [-0.39, 0.29) is 23.7 Å². The number of aromatic amines is 1. The zero-order valence-electron chi connectivity index (χ0n) is 16.2. The third-order valence-corrected chi connectivity index (χ3v) is 3.56. The molecule has 0 atom stereocenters. The summed E-state index contributed by atoms with van der Waals surface area (Å²) in [5.41, 5.74) is 2.33. The quantitative estimate of drug-likeness (QED) is 0.286. The second-order valence-electron chi connectivity index (χ2n) is 7.70. The molecule has 0 aliphatic rings. The van der Waals surface area contributed by atoms with E-state index in [1.165, 1.54) is 6.07 Å². The Morgan fingerprint density at radius 2 is 1.46 bits per heavy atom. The molecule has 2 aromatic heterocycles. The van der Waals surface area contributed by atoms with Gasteiger partial charge in [0.25, 0.3) is 3.25 Å². The van der Waals surface area contributed by atoms with Crippen molar-refractivity contribution in [1.29, 1.82) is 0 Å². The molecular formula is C19H29Br4N2O2P. The Kier molecular flexibility index (Phi) is 14.0. The van der Waals surface area contributed by atoms with Gasteiger partial charge in [0, 0.05) is 97.7 Å². The number of H-pyrrole nitrogens is 1. The molecule has 0 fully saturated rings. The summed E-state index contributed by atoms with van der Waals surface area (Å²) in [4.78, 5) is 18.2. The monoisotopic (exact) mass is 664 g/mol. The van der Waals surface area contributed by atoms with Crippen LogP contribution in [0.2, 0.25) is 0 Å². The molecule has 28 heavy (non-hydrogen) atoms. The van der Waals surface area contributed by atoms with Crippen molar-refractivity contribution in [3.8, 4) is 0 Å². The molecule has 0 saturated heterocycles. The van der Waals surface area contributed by atoms with Crippen LogP contribution in [-0.2, 0) is 15.4 Å². The maximum Gasteiger partial charge on any atom is 0.268 e. The average Bonchev–Trinajstić information content (AvgIpc) is 2.44. The summed E-state index contributed by atoms with van der Waals surface area (Å²) < 4.78 is 8.86. The lowest BCUT2D eigenvalue weighted by Crippen LogP contribution is -2.16. The number of hydrogen-bond donors (Lipinski definition) is 1. The van der Waals surface area contributed by atoms with Gasteiger partial charge in [-0.1, -0.05) is 64.9 Å². The van der Waals surface area contributed by atoms with Crippen molar-refractivity contribution in [2.75, 3.05) is 0 Å². The normalized spacial score (nSPS) is 11.2. The minimum atomic E-state index is -2.20. The Labute approximate surface area is 201 Å². The van der Waals surface area contributed by atoms with Crippen molar-refractivity contribution < 1.29 is 4.57 Å². The second kappa shape index (κ2) is 12.8. The Morgan fingerprint density at radius 3 is 1.75 bits per heavy atom. The van der Waals surface area contributed by atoms with E-state index < -0.39 is 3.25 Å². The maximum atomic E-state index is 10.9. The lowest BCUT2D eigenvalue weighted by molar-refractivity contribution is 0.568. The van der Waals surface area contributed by atoms with E-state index in [1.54, 1.807) is 12.3 Å². The van der Waals surface area contributed by atoms with E-state index in [0.717, 1.165) is 15.9 Å². The first kappa shape index (κ1) is 30.4. The molecule has 1 N–H and O–H groups in total. The molecule has 2 aromatic rings. The number of nitrogens with zero attached hydrogens (tertiary/aromatic N) is 1. The van der Waals surface area contributed by atoms with Crippen LogP contribution in [0.15, 0.2) is 45.9 Å². The Hall–Kier alpha value is 0.250. The largest absolute Gasteiger partial charge is 0.364 e. The predicted octanol–water partition coefficient (Wildman–Crippen LogP) is 8.73. The smallest absolute Gasteiger partial charge is 0.268 e. The Morgan fingerprint density at radius 1 is 0.964 bits per heavy atom. The van der Waals surface area contributed by atoms with Crippen molar-refractivity contribution in [2.24, 2.45) is 0 Å². The van der Waals surface area contributed by atoms with Gasteiger partial charge in [-0.15, -0.1) is 0 Å². The van der Waals surface area contributed by atoms with Crippen molar-refractivity contribution in [2.45, 2.75) is 59.8 Å². The van der Waals surface area contributed by atoms with Gasteiger partial charge in [-0.25, -0.2) is 0 Å². The van der Waals surface area contributed by atoms with Gasteiger partial charge < -0.3 is 4.98 Å². The lowest BCUT2D eigenvalue weighted by atomic mass is 9.92. The topological polar surface area (TPSA) is 62.8 Å². The van der Waals surface area contributed by atoms with E-state index in [1.807, 2.05) is 12.3 Å². The summed E-state index contributed by atoms with van der Waals surface area (Å²) in [6, 6.07) is 7.16. The molecule has 0 amide bonds. The number of aromatic nitrogens is 2. The summed E-state index contributed by atoms with van der Waals surface area (Å²) in [6.07, 6.45) is 3.51. The summed E-state index contributed by atoms with van der Waals surface area (Å²) in [7, 11) is 0. The molecule has 0 aliphatic heterocycles. The summed E-state index contributed by atoms with van der Waals surface area (Å²) in [6.45, 7) is 12.7. The second-order valence-corrected chi connectivity index (χ2v) is 27.0. The third-order valence-electron chi connectivity index (χ3n) is 3.07. The van der Waals surface area contributed by atoms with Gasteiger partial charge in [0.15, 0.2) is 5.43 Å². The fraction of sp³-hybridized carbons (Fsp3) is 0.474. The lowest BCUT2D eigenvalue weighted by Gasteiger charge is -2.17. The molecule has 2 rings (SSSR count). The average molecular weight is 668 g/mol. The number of halogens is 4. The van der Waals surface area contributed by atoms with Crippen LogP contribution >= 0.6 is 65.6 Å². The number of hydrogen-bond acceptors (Lipinski definition) is 3. The molecule has 160 valence electrons. The van der Waals surface area contributed by atoms with Crippen LogP contribution < -0.4 is 5.43 Å². The fourth-order valence-electron chi connectivity index (χ4n) is 1.69. The van der Waals surface area contributed by atoms with Crippen LogP contribution in [0.4, 0.5) is 0 Å². The highest BCUT2D eigenvalue weighted by Gasteiger charge is 2.14. The molecule has 2 heterocycles. The molecule has 9 heteroatoms. The van der Waals surface area contributed by atoms with E-state index in [9.17, 15) is 9.36 Å². The van der Waals surface area contributed by atoms with Gasteiger partial charge in [0.2, 0.25) is 0 Å². The molecular weight excluding hydrogens is 639 g/mol. The van der Waals surface area contributed by atoms with Crippen molar-refractivity contribution in [3.05, 3.63) is 62.7 Å². The van der Waals surface area contributed by atoms with Crippen LogP contribution in [-0.4, -0.2) is 9.97 Å². The number of rotatable bonds is 0. The van der Waals surface area contributed by atoms with Crippen molar-refractivity contribution in [3.63, 3.8) is 0 Å². The summed E-state index contributed by atoms with van der Waals surface area (Å²) >= 11 is 11.7. The van der Waals surface area contributed by atoms with E-state index >= 15 is 0 Å². The molecule has 0 aliphatic carbocycles. The molecule has 0 spiro atoms. The highest BCUT2D eigenvalue weighted by Crippen LogP contribution is 2.68. The van der Waals surface area contributed by atoms with Crippen LogP contribution in [0.5, 0.6) is 0 Å². The highest BCUT2D eigenvalue weighted by molar-refractivity contribution is 9.94. The SMILES string of the molecule is C.CC(C)(C)c1cc(=O)cc[nH]1.CC(C)(C)c1cc(Br)ccn1.O=P(Br)(Br)Br. The summed E-state index contributed by atoms with van der Waals surface area (Å²) in [5, 5.41) is 0. The highest BCUT2D eigenvalue weighted by atomic mass is 80.0. The maximum absolute atomic E-state index is 10.9. The first-order chi connectivity index (χ1) is 12.0. The molecule has 0 bridgehead atoms. The molecule has 0 saturated carbocycles. The molecule has 0 unspecified atom stereocenters. The van der Waals surface area contributed by atoms with E-state index in [2.05, 4.69) is 120 Å². The van der Waals surface area contributed by atoms with Gasteiger partial charge in [-0.05, 0) is 12.1 Å². The molecule has 0 radical (unpaired) electrons. The number of nitrogens with one attached hydrogen (secondary N) is 1. The van der Waals surface area contributed by atoms with Gasteiger partial charge >= 0.3 is 0 Å². The zero-order valence-corrected chi connectivity index (χ0v) is 23.4. The zero-order chi connectivity index (χ0) is 21.5. The number of pyridine rings is 2. The first-order valence-electron chi connectivity index (χ1n) is 8.00. The van der Waals surface area contributed by atoms with Gasteiger partial charge in [0.1, 0.15) is 0 Å². The first-order valence-corrected chi connectivity index (χ1v) is 16.6. The van der Waals surface area contributed by atoms with Gasteiger partial charge in [0.05, 0.1) is 0 Å². The Bertz CT molecular complexity index is 813. The Balaban J connectivity index is 0. The van der Waals surface area contributed by atoms with Crippen molar-refractivity contribution in [1.82, 2.24) is 9.97 Å². The van der Waals surface area contributed by atoms with E-state index in [0.29, 0.717) is 0 Å².